The molecule has 0 amide bonds. The molecule has 4 heteroatoms. The summed E-state index contributed by atoms with van der Waals surface area (Å²) in [4.78, 5) is 8.47. The largest absolute Gasteiger partial charge is 0.507 e. The molecule has 2 aromatic carbocycles. The molecule has 114 valence electrons. The zero-order valence-corrected chi connectivity index (χ0v) is 12.7. The van der Waals surface area contributed by atoms with Crippen LogP contribution >= 0.6 is 0 Å². The number of aliphatic imine (C=N–C) groups is 1. The van der Waals surface area contributed by atoms with Gasteiger partial charge in [-0.15, -0.1) is 0 Å². The van der Waals surface area contributed by atoms with Gasteiger partial charge in [0.15, 0.2) is 5.82 Å². The molecule has 3 rings (SSSR count). The van der Waals surface area contributed by atoms with E-state index in [4.69, 9.17) is 4.74 Å². The van der Waals surface area contributed by atoms with Crippen molar-refractivity contribution in [3.63, 3.8) is 0 Å². The third-order valence-electron chi connectivity index (χ3n) is 3.44. The Balaban J connectivity index is 1.90. The molecule has 1 aromatic heterocycles. The van der Waals surface area contributed by atoms with E-state index in [1.807, 2.05) is 48.5 Å². The number of aromatic hydroxyl groups is 1. The average Bonchev–Trinajstić information content (AvgIpc) is 2.62. The minimum atomic E-state index is 0.205. The first-order chi connectivity index (χ1) is 11.3. The number of phenolic OH excluding ortho intramolecular Hbond substituents is 1. The zero-order valence-electron chi connectivity index (χ0n) is 12.7. The summed E-state index contributed by atoms with van der Waals surface area (Å²) >= 11 is 0. The second-order valence-corrected chi connectivity index (χ2v) is 4.92. The third-order valence-corrected chi connectivity index (χ3v) is 3.44. The minimum absolute atomic E-state index is 0.205. The number of nitrogens with zero attached hydrogens (tertiary/aromatic N) is 2. The van der Waals surface area contributed by atoms with Gasteiger partial charge in [0.2, 0.25) is 0 Å². The van der Waals surface area contributed by atoms with E-state index < -0.39 is 0 Å². The number of hydrogen-bond acceptors (Lipinski definition) is 4. The Morgan fingerprint density at radius 2 is 1.83 bits per heavy atom. The molecule has 0 aliphatic carbocycles. The maximum atomic E-state index is 10.5. The maximum Gasteiger partial charge on any atom is 0.152 e. The molecule has 0 atom stereocenters. The highest BCUT2D eigenvalue weighted by atomic mass is 16.5. The molecule has 0 aliphatic heterocycles. The summed E-state index contributed by atoms with van der Waals surface area (Å²) in [6.07, 6.45) is 3.21. The minimum Gasteiger partial charge on any atom is -0.507 e. The van der Waals surface area contributed by atoms with Gasteiger partial charge in [-0.05, 0) is 23.8 Å². The predicted octanol–water partition coefficient (Wildman–Crippen LogP) is 4.21. The lowest BCUT2D eigenvalue weighted by Crippen LogP contribution is -1.87. The van der Waals surface area contributed by atoms with Gasteiger partial charge in [-0.2, -0.15) is 0 Å². The monoisotopic (exact) mass is 304 g/mol. The molecule has 0 saturated heterocycles. The number of benzene rings is 2. The van der Waals surface area contributed by atoms with E-state index in [9.17, 15) is 5.11 Å². The fraction of sp³-hybridized carbons (Fsp3) is 0.0526. The molecule has 1 N–H and O–H groups in total. The summed E-state index contributed by atoms with van der Waals surface area (Å²) in [5.74, 6) is 1.43. The van der Waals surface area contributed by atoms with Crippen LogP contribution in [0.3, 0.4) is 0 Å². The second kappa shape index (κ2) is 6.75. The van der Waals surface area contributed by atoms with E-state index in [2.05, 4.69) is 9.98 Å². The van der Waals surface area contributed by atoms with Crippen molar-refractivity contribution in [3.8, 4) is 22.6 Å². The molecule has 0 radical (unpaired) electrons. The zero-order chi connectivity index (χ0) is 16.1. The average molecular weight is 304 g/mol. The highest BCUT2D eigenvalue weighted by molar-refractivity contribution is 5.89. The van der Waals surface area contributed by atoms with Crippen molar-refractivity contribution in [2.45, 2.75) is 0 Å². The van der Waals surface area contributed by atoms with Crippen LogP contribution in [-0.4, -0.2) is 23.4 Å². The third kappa shape index (κ3) is 3.37. The maximum absolute atomic E-state index is 10.5. The molecular weight excluding hydrogens is 288 g/mol. The van der Waals surface area contributed by atoms with Gasteiger partial charge in [0.25, 0.3) is 0 Å². The second-order valence-electron chi connectivity index (χ2n) is 4.92. The van der Waals surface area contributed by atoms with Gasteiger partial charge in [-0.25, -0.2) is 9.98 Å². The Morgan fingerprint density at radius 3 is 2.52 bits per heavy atom. The Bertz CT molecular complexity index is 813. The molecule has 23 heavy (non-hydrogen) atoms. The number of phenols is 1. The van der Waals surface area contributed by atoms with Crippen molar-refractivity contribution in [3.05, 3.63) is 72.4 Å². The van der Waals surface area contributed by atoms with Crippen LogP contribution in [0, 0.1) is 0 Å². The number of methoxy groups -OCH3 is 1. The standard InChI is InChI=1S/C19H16N2O2/c1-23-16-10-11-18(21-13-16)20-12-15-8-5-9-17(19(15)22)14-6-3-2-4-7-14/h2-13,22H,1H3. The highest BCUT2D eigenvalue weighted by Crippen LogP contribution is 2.31. The van der Waals surface area contributed by atoms with Crippen LogP contribution in [0.1, 0.15) is 5.56 Å². The van der Waals surface area contributed by atoms with Gasteiger partial charge >= 0.3 is 0 Å². The fourth-order valence-electron chi connectivity index (χ4n) is 2.22. The van der Waals surface area contributed by atoms with Crippen LogP contribution < -0.4 is 4.74 Å². The molecule has 0 spiro atoms. The number of rotatable bonds is 4. The fourth-order valence-corrected chi connectivity index (χ4v) is 2.22. The van der Waals surface area contributed by atoms with E-state index in [1.165, 1.54) is 0 Å². The summed E-state index contributed by atoms with van der Waals surface area (Å²) in [5, 5.41) is 10.5. The van der Waals surface area contributed by atoms with Crippen molar-refractivity contribution < 1.29 is 9.84 Å². The molecule has 4 nitrogen and oxygen atoms in total. The Hall–Kier alpha value is -3.14. The summed E-state index contributed by atoms with van der Waals surface area (Å²) in [7, 11) is 1.59. The quantitative estimate of drug-likeness (QED) is 0.734. The number of para-hydroxylation sites is 1. The van der Waals surface area contributed by atoms with E-state index in [0.717, 1.165) is 11.1 Å². The molecule has 0 bridgehead atoms. The van der Waals surface area contributed by atoms with Crippen LogP contribution in [-0.2, 0) is 0 Å². The first-order valence-corrected chi connectivity index (χ1v) is 7.19. The normalized spacial score (nSPS) is 10.8. The molecule has 0 aliphatic rings. The molecule has 0 saturated carbocycles. The Morgan fingerprint density at radius 1 is 1.00 bits per heavy atom. The number of ether oxygens (including phenoxy) is 1. The van der Waals surface area contributed by atoms with E-state index in [0.29, 0.717) is 17.1 Å². The SMILES string of the molecule is COc1ccc(N=Cc2cccc(-c3ccccc3)c2O)nc1. The summed E-state index contributed by atoms with van der Waals surface area (Å²) in [5.41, 5.74) is 2.38. The predicted molar refractivity (Wildman–Crippen MR) is 91.6 cm³/mol. The van der Waals surface area contributed by atoms with Gasteiger partial charge in [0.1, 0.15) is 11.5 Å². The van der Waals surface area contributed by atoms with Crippen LogP contribution in [0.4, 0.5) is 5.82 Å². The van der Waals surface area contributed by atoms with Gasteiger partial charge in [-0.1, -0.05) is 42.5 Å². The number of pyridine rings is 1. The topological polar surface area (TPSA) is 54.7 Å². The summed E-state index contributed by atoms with van der Waals surface area (Å²) in [6.45, 7) is 0. The van der Waals surface area contributed by atoms with E-state index in [-0.39, 0.29) is 5.75 Å². The highest BCUT2D eigenvalue weighted by Gasteiger charge is 2.07. The molecular formula is C19H16N2O2. The molecule has 3 aromatic rings. The van der Waals surface area contributed by atoms with Crippen LogP contribution in [0.5, 0.6) is 11.5 Å². The van der Waals surface area contributed by atoms with Crippen molar-refractivity contribution in [2.75, 3.05) is 7.11 Å². The lowest BCUT2D eigenvalue weighted by molar-refractivity contribution is 0.413. The Labute approximate surface area is 134 Å². The van der Waals surface area contributed by atoms with E-state index in [1.54, 1.807) is 31.7 Å². The molecule has 0 unspecified atom stereocenters. The van der Waals surface area contributed by atoms with Crippen LogP contribution in [0.15, 0.2) is 71.9 Å². The van der Waals surface area contributed by atoms with Crippen LogP contribution in [0.2, 0.25) is 0 Å². The summed E-state index contributed by atoms with van der Waals surface area (Å²) in [6, 6.07) is 18.9. The smallest absolute Gasteiger partial charge is 0.152 e. The first kappa shape index (κ1) is 14.8. The van der Waals surface area contributed by atoms with Crippen LogP contribution in [0.25, 0.3) is 11.1 Å². The number of hydrogen-bond donors (Lipinski definition) is 1. The number of aromatic nitrogens is 1. The van der Waals surface area contributed by atoms with Gasteiger partial charge in [0.05, 0.1) is 13.3 Å². The van der Waals surface area contributed by atoms with Crippen molar-refractivity contribution >= 4 is 12.0 Å². The van der Waals surface area contributed by atoms with Crippen molar-refractivity contribution in [1.29, 1.82) is 0 Å². The van der Waals surface area contributed by atoms with Gasteiger partial charge < -0.3 is 9.84 Å². The van der Waals surface area contributed by atoms with E-state index >= 15 is 0 Å². The first-order valence-electron chi connectivity index (χ1n) is 7.19. The van der Waals surface area contributed by atoms with Gasteiger partial charge in [-0.3, -0.25) is 0 Å². The van der Waals surface area contributed by atoms with Crippen molar-refractivity contribution in [2.24, 2.45) is 4.99 Å². The van der Waals surface area contributed by atoms with Gasteiger partial charge in [0, 0.05) is 17.3 Å². The lowest BCUT2D eigenvalue weighted by atomic mass is 10.0. The lowest BCUT2D eigenvalue weighted by Gasteiger charge is -2.07. The Kier molecular flexibility index (Phi) is 4.34. The van der Waals surface area contributed by atoms with Crippen molar-refractivity contribution in [1.82, 2.24) is 4.98 Å². The summed E-state index contributed by atoms with van der Waals surface area (Å²) < 4.78 is 5.06. The molecule has 0 fully saturated rings. The molecule has 1 heterocycles.